The Morgan fingerprint density at radius 2 is 2.29 bits per heavy atom. The quantitative estimate of drug-likeness (QED) is 0.533. The molecule has 0 saturated carbocycles. The van der Waals surface area contributed by atoms with Gasteiger partial charge in [0, 0.05) is 0 Å². The lowest BCUT2D eigenvalue weighted by Crippen LogP contribution is -1.99. The number of hydrogen-bond acceptors (Lipinski definition) is 1. The summed E-state index contributed by atoms with van der Waals surface area (Å²) in [5.74, 6) is 0. The Labute approximate surface area is 41.3 Å². The van der Waals surface area contributed by atoms with E-state index in [1.165, 1.54) is 6.42 Å². The van der Waals surface area contributed by atoms with Crippen molar-refractivity contribution >= 4 is 0 Å². The van der Waals surface area contributed by atoms with Gasteiger partial charge in [-0.3, -0.25) is 0 Å². The van der Waals surface area contributed by atoms with Crippen molar-refractivity contribution in [2.24, 2.45) is 0 Å². The molecule has 0 amide bonds. The minimum absolute atomic E-state index is 0.0255. The maximum absolute atomic E-state index is 11.0. The van der Waals surface area contributed by atoms with Crippen LogP contribution in [0.4, 0.5) is 8.78 Å². The summed E-state index contributed by atoms with van der Waals surface area (Å²) in [6, 6.07) is 0. The van der Waals surface area contributed by atoms with Gasteiger partial charge in [-0.15, -0.1) is 0 Å². The molecule has 3 heteroatoms. The summed E-state index contributed by atoms with van der Waals surface area (Å²) in [6.45, 7) is -0.948. The molecule has 0 fully saturated rings. The van der Waals surface area contributed by atoms with E-state index in [9.17, 15) is 8.78 Å². The molecule has 0 spiro atoms. The molecule has 1 nitrogen and oxygen atoms in total. The number of hydrogen-bond donors (Lipinski definition) is 0. The Balaban J connectivity index is 2.68. The number of ether oxygens (including phenoxy) is 1. The second-order valence-corrected chi connectivity index (χ2v) is 1.00. The highest BCUT2D eigenvalue weighted by Crippen LogP contribution is 1.93. The zero-order chi connectivity index (χ0) is 5.70. The molecule has 0 aromatic heterocycles. The number of halogens is 2. The molecule has 0 aliphatic carbocycles. The average Bonchev–Trinajstić information content (AvgIpc) is 1.61. The van der Waals surface area contributed by atoms with Gasteiger partial charge in [0.2, 0.25) is 0 Å². The summed E-state index contributed by atoms with van der Waals surface area (Å²) < 4.78 is 25.8. The van der Waals surface area contributed by atoms with Crippen molar-refractivity contribution in [3.8, 4) is 0 Å². The van der Waals surface area contributed by atoms with Crippen molar-refractivity contribution in [3.05, 3.63) is 6.42 Å². The van der Waals surface area contributed by atoms with E-state index in [-0.39, 0.29) is 6.61 Å². The van der Waals surface area contributed by atoms with Gasteiger partial charge in [0.05, 0.1) is 6.61 Å². The molecular weight excluding hydrogens is 102 g/mol. The highest BCUT2D eigenvalue weighted by Gasteiger charge is 1.96. The summed E-state index contributed by atoms with van der Waals surface area (Å²) in [5.41, 5.74) is 0. The maximum atomic E-state index is 11.0. The minimum atomic E-state index is -2.63. The molecule has 0 atom stereocenters. The molecular formula is C4H7F2O. The second-order valence-electron chi connectivity index (χ2n) is 1.00. The van der Waals surface area contributed by atoms with E-state index < -0.39 is 6.61 Å². The fourth-order valence-corrected chi connectivity index (χ4v) is 0.169. The molecule has 0 aromatic rings. The highest BCUT2D eigenvalue weighted by atomic mass is 19.3. The number of rotatable bonds is 3. The number of alkyl halides is 2. The van der Waals surface area contributed by atoms with Gasteiger partial charge in [0.15, 0.2) is 0 Å². The van der Waals surface area contributed by atoms with Gasteiger partial charge in [0.25, 0.3) is 0 Å². The van der Waals surface area contributed by atoms with Crippen LogP contribution in [-0.2, 0) is 4.74 Å². The van der Waals surface area contributed by atoms with Gasteiger partial charge in [-0.05, 0) is 6.42 Å². The maximum Gasteiger partial charge on any atom is 0.345 e. The molecule has 0 heterocycles. The van der Waals surface area contributed by atoms with E-state index in [2.05, 4.69) is 4.74 Å². The monoisotopic (exact) mass is 109 g/mol. The molecule has 0 aliphatic rings. The molecule has 0 unspecified atom stereocenters. The van der Waals surface area contributed by atoms with Crippen LogP contribution >= 0.6 is 0 Å². The summed E-state index contributed by atoms with van der Waals surface area (Å²) in [7, 11) is 0. The Hall–Kier alpha value is -0.180. The molecule has 1 radical (unpaired) electrons. The highest BCUT2D eigenvalue weighted by molar-refractivity contribution is 4.49. The Morgan fingerprint density at radius 1 is 1.71 bits per heavy atom. The molecule has 7 heavy (non-hydrogen) atoms. The summed E-state index contributed by atoms with van der Waals surface area (Å²) >= 11 is 0. The van der Waals surface area contributed by atoms with Crippen molar-refractivity contribution < 1.29 is 13.5 Å². The first-order valence-electron chi connectivity index (χ1n) is 1.95. The zero-order valence-electron chi connectivity index (χ0n) is 4.03. The fraction of sp³-hybridized carbons (Fsp3) is 0.750. The van der Waals surface area contributed by atoms with Crippen molar-refractivity contribution in [3.63, 3.8) is 0 Å². The van der Waals surface area contributed by atoms with Crippen LogP contribution in [0.5, 0.6) is 0 Å². The first-order chi connectivity index (χ1) is 3.27. The smallest absolute Gasteiger partial charge is 0.323 e. The molecule has 0 aliphatic heterocycles. The largest absolute Gasteiger partial charge is 0.345 e. The zero-order valence-corrected chi connectivity index (χ0v) is 4.03. The summed E-state index contributed by atoms with van der Waals surface area (Å²) in [4.78, 5) is 0. The lowest BCUT2D eigenvalue weighted by atomic mass is 10.5. The first-order valence-corrected chi connectivity index (χ1v) is 1.95. The fourth-order valence-electron chi connectivity index (χ4n) is 0.169. The van der Waals surface area contributed by atoms with Crippen molar-refractivity contribution in [1.29, 1.82) is 0 Å². The Morgan fingerprint density at radius 3 is 2.43 bits per heavy atom. The topological polar surface area (TPSA) is 9.23 Å². The van der Waals surface area contributed by atoms with E-state index in [0.29, 0.717) is 0 Å². The predicted octanol–water partition coefficient (Wildman–Crippen LogP) is 1.45. The predicted molar refractivity (Wildman–Crippen MR) is 21.9 cm³/mol. The third kappa shape index (κ3) is 5.82. The molecule has 0 saturated heterocycles. The van der Waals surface area contributed by atoms with Gasteiger partial charge in [-0.25, -0.2) is 0 Å². The van der Waals surface area contributed by atoms with Crippen LogP contribution in [-0.4, -0.2) is 13.2 Å². The first kappa shape index (κ1) is 6.82. The van der Waals surface area contributed by atoms with E-state index in [0.717, 1.165) is 0 Å². The van der Waals surface area contributed by atoms with Crippen LogP contribution in [0.15, 0.2) is 0 Å². The SMILES string of the molecule is C[CH]COC(F)F. The lowest BCUT2D eigenvalue weighted by Gasteiger charge is -1.95. The molecule has 0 N–H and O–H groups in total. The molecule has 43 valence electrons. The van der Waals surface area contributed by atoms with Crippen molar-refractivity contribution in [2.75, 3.05) is 6.61 Å². The molecule has 0 rings (SSSR count). The lowest BCUT2D eigenvalue weighted by molar-refractivity contribution is -0.121. The van der Waals surface area contributed by atoms with Crippen molar-refractivity contribution in [1.82, 2.24) is 0 Å². The van der Waals surface area contributed by atoms with Gasteiger partial charge in [-0.1, -0.05) is 6.92 Å². The van der Waals surface area contributed by atoms with Crippen LogP contribution in [0.2, 0.25) is 0 Å². The van der Waals surface area contributed by atoms with Crippen LogP contribution in [0.25, 0.3) is 0 Å². The minimum Gasteiger partial charge on any atom is -0.323 e. The average molecular weight is 109 g/mol. The van der Waals surface area contributed by atoms with Crippen LogP contribution in [0, 0.1) is 6.42 Å². The van der Waals surface area contributed by atoms with E-state index in [1.807, 2.05) is 0 Å². The van der Waals surface area contributed by atoms with Gasteiger partial charge in [0.1, 0.15) is 0 Å². The third-order valence-electron chi connectivity index (χ3n) is 0.389. The van der Waals surface area contributed by atoms with E-state index in [4.69, 9.17) is 0 Å². The van der Waals surface area contributed by atoms with Crippen molar-refractivity contribution in [2.45, 2.75) is 13.5 Å². The Bertz CT molecular complexity index is 38.7. The van der Waals surface area contributed by atoms with Crippen LogP contribution in [0.1, 0.15) is 6.92 Å². The van der Waals surface area contributed by atoms with Crippen LogP contribution in [0.3, 0.4) is 0 Å². The van der Waals surface area contributed by atoms with E-state index in [1.54, 1.807) is 6.92 Å². The summed E-state index contributed by atoms with van der Waals surface area (Å²) in [6.07, 6.45) is 1.52. The third-order valence-corrected chi connectivity index (χ3v) is 0.389. The van der Waals surface area contributed by atoms with Gasteiger partial charge in [-0.2, -0.15) is 8.78 Å². The van der Waals surface area contributed by atoms with E-state index >= 15 is 0 Å². The van der Waals surface area contributed by atoms with Gasteiger partial charge >= 0.3 is 6.61 Å². The standard InChI is InChI=1S/C4H7F2O/c1-2-3-7-4(5)6/h2,4H,3H2,1H3. The van der Waals surface area contributed by atoms with Crippen LogP contribution < -0.4 is 0 Å². The normalized spacial score (nSPS) is 10.3. The van der Waals surface area contributed by atoms with Gasteiger partial charge < -0.3 is 4.74 Å². The Kier molecular flexibility index (Phi) is 3.89. The molecule has 0 bridgehead atoms. The second kappa shape index (κ2) is 3.99. The molecule has 0 aromatic carbocycles. The summed E-state index contributed by atoms with van der Waals surface area (Å²) in [5, 5.41) is 0.